The van der Waals surface area contributed by atoms with E-state index in [1.165, 1.54) is 18.4 Å². The molecule has 0 amide bonds. The molecule has 3 aromatic rings. The zero-order valence-corrected chi connectivity index (χ0v) is 14.3. The van der Waals surface area contributed by atoms with Gasteiger partial charge in [0, 0.05) is 10.9 Å². The van der Waals surface area contributed by atoms with Crippen LogP contribution in [0.15, 0.2) is 60.0 Å². The zero-order valence-electron chi connectivity index (χ0n) is 13.5. The summed E-state index contributed by atoms with van der Waals surface area (Å²) in [4.78, 5) is 16.0. The van der Waals surface area contributed by atoms with Crippen molar-refractivity contribution in [3.63, 3.8) is 0 Å². The molecule has 1 aromatic heterocycles. The lowest BCUT2D eigenvalue weighted by atomic mass is 10.1. The highest BCUT2D eigenvalue weighted by Crippen LogP contribution is 2.27. The third-order valence-electron chi connectivity index (χ3n) is 3.57. The Bertz CT molecular complexity index is 951. The zero-order chi connectivity index (χ0) is 17.6. The second-order valence-corrected chi connectivity index (χ2v) is 6.05. The summed E-state index contributed by atoms with van der Waals surface area (Å²) in [6.45, 7) is 0. The summed E-state index contributed by atoms with van der Waals surface area (Å²) < 4.78 is 4.68. The highest BCUT2D eigenvalue weighted by molar-refractivity contribution is 7.11. The van der Waals surface area contributed by atoms with Crippen LogP contribution in [0.3, 0.4) is 0 Å². The summed E-state index contributed by atoms with van der Waals surface area (Å²) >= 11 is 1.43. The van der Waals surface area contributed by atoms with Gasteiger partial charge in [-0.3, -0.25) is 0 Å². The summed E-state index contributed by atoms with van der Waals surface area (Å²) in [6, 6.07) is 18.9. The molecule has 1 heterocycles. The fourth-order valence-corrected chi connectivity index (χ4v) is 3.08. The normalized spacial score (nSPS) is 11.0. The molecule has 0 saturated heterocycles. The molecule has 0 unspecified atom stereocenters. The second-order valence-electron chi connectivity index (χ2n) is 5.19. The number of methoxy groups -OCH3 is 1. The van der Waals surface area contributed by atoms with Gasteiger partial charge in [-0.2, -0.15) is 5.26 Å². The number of aromatic nitrogens is 1. The topological polar surface area (TPSA) is 63.0 Å². The fourth-order valence-electron chi connectivity index (χ4n) is 2.28. The number of nitrogens with zero attached hydrogens (tertiary/aromatic N) is 2. The SMILES string of the molecule is COC(=O)c1ccc(C=C(C#N)c2nc(-c3ccccc3)cs2)cc1. The number of thiazole rings is 1. The van der Waals surface area contributed by atoms with E-state index in [1.807, 2.05) is 35.7 Å². The molecule has 0 N–H and O–H groups in total. The van der Waals surface area contributed by atoms with Crippen molar-refractivity contribution in [3.8, 4) is 17.3 Å². The minimum absolute atomic E-state index is 0.386. The molecule has 0 saturated carbocycles. The standard InChI is InChI=1S/C20H14N2O2S/c1-24-20(23)16-9-7-14(8-10-16)11-17(12-21)19-22-18(13-25-19)15-5-3-2-4-6-15/h2-11,13H,1H3. The molecule has 0 atom stereocenters. The van der Waals surface area contributed by atoms with Gasteiger partial charge in [0.2, 0.25) is 0 Å². The van der Waals surface area contributed by atoms with Gasteiger partial charge in [-0.15, -0.1) is 11.3 Å². The Morgan fingerprint density at radius 3 is 2.52 bits per heavy atom. The number of benzene rings is 2. The van der Waals surface area contributed by atoms with Crippen LogP contribution in [0.4, 0.5) is 0 Å². The van der Waals surface area contributed by atoms with Gasteiger partial charge in [0.15, 0.2) is 0 Å². The third-order valence-corrected chi connectivity index (χ3v) is 4.44. The molecule has 2 aromatic carbocycles. The van der Waals surface area contributed by atoms with Crippen molar-refractivity contribution in [2.24, 2.45) is 0 Å². The molecule has 0 bridgehead atoms. The van der Waals surface area contributed by atoms with Crippen LogP contribution in [0.1, 0.15) is 20.9 Å². The lowest BCUT2D eigenvalue weighted by molar-refractivity contribution is 0.0600. The van der Waals surface area contributed by atoms with Gasteiger partial charge in [-0.05, 0) is 23.8 Å². The van der Waals surface area contributed by atoms with Gasteiger partial charge in [0.1, 0.15) is 11.1 Å². The Balaban J connectivity index is 1.88. The molecular formula is C20H14N2O2S. The summed E-state index contributed by atoms with van der Waals surface area (Å²) in [7, 11) is 1.34. The first kappa shape index (κ1) is 16.6. The first-order valence-corrected chi connectivity index (χ1v) is 8.40. The lowest BCUT2D eigenvalue weighted by Crippen LogP contribution is -2.00. The number of allylic oxidation sites excluding steroid dienone is 1. The van der Waals surface area contributed by atoms with Crippen molar-refractivity contribution in [2.75, 3.05) is 7.11 Å². The predicted octanol–water partition coefficient (Wildman–Crippen LogP) is 4.66. The van der Waals surface area contributed by atoms with Crippen molar-refractivity contribution >= 4 is 29.0 Å². The van der Waals surface area contributed by atoms with Crippen LogP contribution in [-0.4, -0.2) is 18.1 Å². The van der Waals surface area contributed by atoms with E-state index in [4.69, 9.17) is 0 Å². The largest absolute Gasteiger partial charge is 0.465 e. The highest BCUT2D eigenvalue weighted by Gasteiger charge is 2.09. The maximum atomic E-state index is 11.5. The van der Waals surface area contributed by atoms with Gasteiger partial charge in [0.25, 0.3) is 0 Å². The van der Waals surface area contributed by atoms with Crippen LogP contribution in [0, 0.1) is 11.3 Å². The molecule has 0 aliphatic heterocycles. The van der Waals surface area contributed by atoms with Crippen molar-refractivity contribution in [3.05, 3.63) is 76.1 Å². The van der Waals surface area contributed by atoms with E-state index in [-0.39, 0.29) is 5.97 Å². The fraction of sp³-hybridized carbons (Fsp3) is 0.0500. The Kier molecular flexibility index (Phi) is 5.03. The summed E-state index contributed by atoms with van der Waals surface area (Å²) in [6.07, 6.45) is 1.76. The van der Waals surface area contributed by atoms with E-state index in [0.29, 0.717) is 16.1 Å². The van der Waals surface area contributed by atoms with Crippen LogP contribution in [-0.2, 0) is 4.74 Å². The average Bonchev–Trinajstić information content (AvgIpc) is 3.16. The van der Waals surface area contributed by atoms with Crippen molar-refractivity contribution in [1.29, 1.82) is 5.26 Å². The molecule has 0 fully saturated rings. The first-order chi connectivity index (χ1) is 12.2. The summed E-state index contributed by atoms with van der Waals surface area (Å²) in [5.74, 6) is -0.386. The Hall–Kier alpha value is -3.23. The lowest BCUT2D eigenvalue weighted by Gasteiger charge is -2.00. The smallest absolute Gasteiger partial charge is 0.337 e. The highest BCUT2D eigenvalue weighted by atomic mass is 32.1. The minimum atomic E-state index is -0.386. The van der Waals surface area contributed by atoms with Crippen LogP contribution in [0.2, 0.25) is 0 Å². The Morgan fingerprint density at radius 1 is 1.16 bits per heavy atom. The molecule has 0 aliphatic rings. The van der Waals surface area contributed by atoms with Crippen molar-refractivity contribution < 1.29 is 9.53 Å². The third kappa shape index (κ3) is 3.82. The van der Waals surface area contributed by atoms with E-state index < -0.39 is 0 Å². The predicted molar refractivity (Wildman–Crippen MR) is 98.8 cm³/mol. The van der Waals surface area contributed by atoms with E-state index in [1.54, 1.807) is 30.3 Å². The molecular weight excluding hydrogens is 332 g/mol. The minimum Gasteiger partial charge on any atom is -0.465 e. The van der Waals surface area contributed by atoms with E-state index in [2.05, 4.69) is 15.8 Å². The first-order valence-electron chi connectivity index (χ1n) is 7.53. The summed E-state index contributed by atoms with van der Waals surface area (Å²) in [5.41, 5.74) is 3.64. The van der Waals surface area contributed by atoms with E-state index in [0.717, 1.165) is 16.8 Å². The van der Waals surface area contributed by atoms with Gasteiger partial charge in [0.05, 0.1) is 23.9 Å². The second kappa shape index (κ2) is 7.56. The number of rotatable bonds is 4. The molecule has 3 rings (SSSR count). The van der Waals surface area contributed by atoms with Gasteiger partial charge in [-0.25, -0.2) is 9.78 Å². The van der Waals surface area contributed by atoms with Crippen LogP contribution in [0.5, 0.6) is 0 Å². The number of hydrogen-bond acceptors (Lipinski definition) is 5. The summed E-state index contributed by atoms with van der Waals surface area (Å²) in [5, 5.41) is 12.1. The Morgan fingerprint density at radius 2 is 1.88 bits per heavy atom. The number of carbonyl (C=O) groups is 1. The molecule has 0 spiro atoms. The monoisotopic (exact) mass is 346 g/mol. The molecule has 25 heavy (non-hydrogen) atoms. The molecule has 0 radical (unpaired) electrons. The number of hydrogen-bond donors (Lipinski definition) is 0. The molecule has 122 valence electrons. The Labute approximate surface area is 149 Å². The van der Waals surface area contributed by atoms with Crippen LogP contribution < -0.4 is 0 Å². The maximum absolute atomic E-state index is 11.5. The molecule has 0 aliphatic carbocycles. The van der Waals surface area contributed by atoms with Crippen molar-refractivity contribution in [2.45, 2.75) is 0 Å². The maximum Gasteiger partial charge on any atom is 0.337 e. The van der Waals surface area contributed by atoms with E-state index >= 15 is 0 Å². The average molecular weight is 346 g/mol. The molecule has 5 heteroatoms. The number of ether oxygens (including phenoxy) is 1. The van der Waals surface area contributed by atoms with Crippen LogP contribution >= 0.6 is 11.3 Å². The number of esters is 1. The van der Waals surface area contributed by atoms with Gasteiger partial charge >= 0.3 is 5.97 Å². The van der Waals surface area contributed by atoms with Gasteiger partial charge in [-0.1, -0.05) is 42.5 Å². The number of carbonyl (C=O) groups excluding carboxylic acids is 1. The van der Waals surface area contributed by atoms with Crippen molar-refractivity contribution in [1.82, 2.24) is 4.98 Å². The van der Waals surface area contributed by atoms with E-state index in [9.17, 15) is 10.1 Å². The quantitative estimate of drug-likeness (QED) is 0.509. The molecule has 4 nitrogen and oxygen atoms in total. The van der Waals surface area contributed by atoms with Gasteiger partial charge < -0.3 is 4.74 Å². The number of nitriles is 1. The van der Waals surface area contributed by atoms with Crippen LogP contribution in [0.25, 0.3) is 22.9 Å².